The number of rotatable bonds is 4. The van der Waals surface area contributed by atoms with E-state index >= 15 is 0 Å². The predicted octanol–water partition coefficient (Wildman–Crippen LogP) is 1.69. The number of amides is 1. The number of nitrogens with zero attached hydrogens (tertiary/aromatic N) is 2. The molecule has 0 radical (unpaired) electrons. The van der Waals surface area contributed by atoms with Gasteiger partial charge in [0.1, 0.15) is 5.41 Å². The van der Waals surface area contributed by atoms with Gasteiger partial charge in [0.2, 0.25) is 5.91 Å². The number of nitriles is 1. The molecule has 0 spiro atoms. The average Bonchev–Trinajstić information content (AvgIpc) is 2.53. The van der Waals surface area contributed by atoms with Gasteiger partial charge < -0.3 is 10.1 Å². The van der Waals surface area contributed by atoms with Gasteiger partial charge in [-0.15, -0.1) is 0 Å². The van der Waals surface area contributed by atoms with Crippen LogP contribution >= 0.6 is 0 Å². The molecule has 1 aliphatic heterocycles. The molecule has 118 valence electrons. The maximum Gasteiger partial charge on any atom is 0.240 e. The Bertz CT molecular complexity index is 399. The molecule has 0 aromatic heterocycles. The Morgan fingerprint density at radius 2 is 2.19 bits per heavy atom. The van der Waals surface area contributed by atoms with Crippen molar-refractivity contribution in [1.82, 2.24) is 10.2 Å². The second-order valence-electron chi connectivity index (χ2n) is 6.48. The van der Waals surface area contributed by atoms with Crippen LogP contribution < -0.4 is 5.32 Å². The van der Waals surface area contributed by atoms with E-state index in [1.54, 1.807) is 0 Å². The van der Waals surface area contributed by atoms with Crippen LogP contribution in [0.5, 0.6) is 0 Å². The normalized spacial score (nSPS) is 27.6. The van der Waals surface area contributed by atoms with E-state index in [0.717, 1.165) is 39.0 Å². The molecule has 1 N–H and O–H groups in total. The van der Waals surface area contributed by atoms with Gasteiger partial charge >= 0.3 is 0 Å². The molecule has 0 unspecified atom stereocenters. The number of carbonyl (C=O) groups is 1. The summed E-state index contributed by atoms with van der Waals surface area (Å²) in [4.78, 5) is 14.8. The van der Waals surface area contributed by atoms with Crippen LogP contribution in [0.4, 0.5) is 0 Å². The zero-order chi connectivity index (χ0) is 15.3. The third-order valence-electron chi connectivity index (χ3n) is 4.90. The van der Waals surface area contributed by atoms with Crippen LogP contribution in [-0.2, 0) is 9.53 Å². The second-order valence-corrected chi connectivity index (χ2v) is 6.48. The zero-order valence-electron chi connectivity index (χ0n) is 13.2. The number of nitrogens with one attached hydrogen (secondary N) is 1. The average molecular weight is 293 g/mol. The summed E-state index contributed by atoms with van der Waals surface area (Å²) in [5, 5.41) is 12.4. The summed E-state index contributed by atoms with van der Waals surface area (Å²) in [6.07, 6.45) is 4.52. The van der Waals surface area contributed by atoms with E-state index in [1.165, 1.54) is 0 Å². The van der Waals surface area contributed by atoms with Crippen LogP contribution in [0.15, 0.2) is 0 Å². The van der Waals surface area contributed by atoms with E-state index in [0.29, 0.717) is 25.4 Å². The van der Waals surface area contributed by atoms with Crippen molar-refractivity contribution < 1.29 is 9.53 Å². The van der Waals surface area contributed by atoms with Crippen LogP contribution in [0.1, 0.15) is 46.0 Å². The molecular weight excluding hydrogens is 266 g/mol. The zero-order valence-corrected chi connectivity index (χ0v) is 13.2. The Morgan fingerprint density at radius 1 is 1.48 bits per heavy atom. The molecular formula is C16H27N3O2. The quantitative estimate of drug-likeness (QED) is 0.856. The summed E-state index contributed by atoms with van der Waals surface area (Å²) in [6.45, 7) is 7.29. The van der Waals surface area contributed by atoms with Gasteiger partial charge in [-0.05, 0) is 26.7 Å². The van der Waals surface area contributed by atoms with Gasteiger partial charge in [-0.25, -0.2) is 0 Å². The van der Waals surface area contributed by atoms with Crippen molar-refractivity contribution in [2.75, 3.05) is 26.3 Å². The molecule has 2 atom stereocenters. The molecule has 0 aromatic carbocycles. The lowest BCUT2D eigenvalue weighted by Crippen LogP contribution is -2.53. The van der Waals surface area contributed by atoms with Crippen LogP contribution in [0.3, 0.4) is 0 Å². The third kappa shape index (κ3) is 3.75. The summed E-state index contributed by atoms with van der Waals surface area (Å²) in [5.74, 6) is -0.0718. The van der Waals surface area contributed by atoms with Crippen molar-refractivity contribution in [2.45, 2.75) is 58.0 Å². The SMILES string of the molecule is C[C@H](CNC(=O)C1(C#N)CCCCC1)N1CCOC[C@H]1C. The van der Waals surface area contributed by atoms with Gasteiger partial charge in [0.05, 0.1) is 19.3 Å². The fourth-order valence-corrected chi connectivity index (χ4v) is 3.47. The minimum Gasteiger partial charge on any atom is -0.379 e. The van der Waals surface area contributed by atoms with E-state index < -0.39 is 5.41 Å². The maximum atomic E-state index is 12.4. The molecule has 2 rings (SSSR count). The van der Waals surface area contributed by atoms with Gasteiger partial charge in [0.15, 0.2) is 0 Å². The molecule has 0 aromatic rings. The van der Waals surface area contributed by atoms with Gasteiger partial charge in [0.25, 0.3) is 0 Å². The summed E-state index contributed by atoms with van der Waals surface area (Å²) in [6, 6.07) is 2.93. The lowest BCUT2D eigenvalue weighted by atomic mass is 9.74. The van der Waals surface area contributed by atoms with Crippen LogP contribution in [0.25, 0.3) is 0 Å². The highest BCUT2D eigenvalue weighted by atomic mass is 16.5. The second kappa shape index (κ2) is 7.24. The summed E-state index contributed by atoms with van der Waals surface area (Å²) in [5.41, 5.74) is -0.783. The lowest BCUT2D eigenvalue weighted by molar-refractivity contribution is -0.130. The summed E-state index contributed by atoms with van der Waals surface area (Å²) >= 11 is 0. The smallest absolute Gasteiger partial charge is 0.240 e. The summed E-state index contributed by atoms with van der Waals surface area (Å²) in [7, 11) is 0. The maximum absolute atomic E-state index is 12.4. The van der Waals surface area contributed by atoms with E-state index in [9.17, 15) is 10.1 Å². The van der Waals surface area contributed by atoms with E-state index in [2.05, 4.69) is 30.1 Å². The molecule has 0 bridgehead atoms. The highest BCUT2D eigenvalue weighted by Gasteiger charge is 2.39. The highest BCUT2D eigenvalue weighted by Crippen LogP contribution is 2.35. The van der Waals surface area contributed by atoms with Crippen LogP contribution in [0, 0.1) is 16.7 Å². The fourth-order valence-electron chi connectivity index (χ4n) is 3.47. The Kier molecular flexibility index (Phi) is 5.60. The molecule has 2 fully saturated rings. The number of ether oxygens (including phenoxy) is 1. The van der Waals surface area contributed by atoms with E-state index in [4.69, 9.17) is 4.74 Å². The molecule has 1 aliphatic carbocycles. The third-order valence-corrected chi connectivity index (χ3v) is 4.90. The Labute approximate surface area is 127 Å². The number of hydrogen-bond acceptors (Lipinski definition) is 4. The van der Waals surface area contributed by atoms with Gasteiger partial charge in [-0.2, -0.15) is 5.26 Å². The molecule has 21 heavy (non-hydrogen) atoms. The first kappa shape index (κ1) is 16.3. The first-order valence-corrected chi connectivity index (χ1v) is 8.12. The molecule has 1 saturated carbocycles. The van der Waals surface area contributed by atoms with Gasteiger partial charge in [0, 0.05) is 25.2 Å². The Hall–Kier alpha value is -1.12. The van der Waals surface area contributed by atoms with E-state index in [1.807, 2.05) is 0 Å². The Balaban J connectivity index is 1.86. The predicted molar refractivity (Wildman–Crippen MR) is 80.6 cm³/mol. The van der Waals surface area contributed by atoms with Crippen molar-refractivity contribution in [3.05, 3.63) is 0 Å². The monoisotopic (exact) mass is 293 g/mol. The number of carbonyl (C=O) groups excluding carboxylic acids is 1. The molecule has 1 amide bonds. The van der Waals surface area contributed by atoms with Crippen LogP contribution in [-0.4, -0.2) is 49.2 Å². The van der Waals surface area contributed by atoms with Crippen LogP contribution in [0.2, 0.25) is 0 Å². The minimum atomic E-state index is -0.783. The number of hydrogen-bond donors (Lipinski definition) is 1. The first-order chi connectivity index (χ1) is 10.1. The highest BCUT2D eigenvalue weighted by molar-refractivity contribution is 5.85. The van der Waals surface area contributed by atoms with Crippen molar-refractivity contribution >= 4 is 5.91 Å². The van der Waals surface area contributed by atoms with Crippen molar-refractivity contribution in [2.24, 2.45) is 5.41 Å². The van der Waals surface area contributed by atoms with Crippen molar-refractivity contribution in [3.8, 4) is 6.07 Å². The van der Waals surface area contributed by atoms with Gasteiger partial charge in [-0.3, -0.25) is 9.69 Å². The summed E-state index contributed by atoms with van der Waals surface area (Å²) < 4.78 is 5.44. The van der Waals surface area contributed by atoms with E-state index in [-0.39, 0.29) is 11.9 Å². The number of morpholine rings is 1. The molecule has 5 nitrogen and oxygen atoms in total. The van der Waals surface area contributed by atoms with Crippen molar-refractivity contribution in [3.63, 3.8) is 0 Å². The minimum absolute atomic E-state index is 0.0718. The molecule has 5 heteroatoms. The Morgan fingerprint density at radius 3 is 2.81 bits per heavy atom. The molecule has 1 heterocycles. The topological polar surface area (TPSA) is 65.4 Å². The molecule has 2 aliphatic rings. The fraction of sp³-hybridized carbons (Fsp3) is 0.875. The largest absolute Gasteiger partial charge is 0.379 e. The standard InChI is InChI=1S/C16H27N3O2/c1-13(19-8-9-21-11-14(19)2)10-18-15(20)16(12-17)6-4-3-5-7-16/h13-14H,3-11H2,1-2H3,(H,18,20)/t13-,14-/m1/s1. The van der Waals surface area contributed by atoms with Gasteiger partial charge in [-0.1, -0.05) is 19.3 Å². The lowest BCUT2D eigenvalue weighted by Gasteiger charge is -2.38. The van der Waals surface area contributed by atoms with Crippen molar-refractivity contribution in [1.29, 1.82) is 5.26 Å². The molecule has 1 saturated heterocycles. The first-order valence-electron chi connectivity index (χ1n) is 8.12.